The highest BCUT2D eigenvalue weighted by atomic mass is 32.2. The molecule has 0 atom stereocenters. The van der Waals surface area contributed by atoms with Crippen LogP contribution in [0, 0.1) is 0 Å². The third-order valence-corrected chi connectivity index (χ3v) is 3.99. The second-order valence-corrected chi connectivity index (χ2v) is 5.38. The summed E-state index contributed by atoms with van der Waals surface area (Å²) in [5.74, 6) is 0. The van der Waals surface area contributed by atoms with Crippen LogP contribution in [0.25, 0.3) is 10.9 Å². The van der Waals surface area contributed by atoms with Gasteiger partial charge in [-0.2, -0.15) is 0 Å². The molecule has 106 valence electrons. The predicted molar refractivity (Wildman–Crippen MR) is 89.2 cm³/mol. The molecule has 0 aliphatic rings. The summed E-state index contributed by atoms with van der Waals surface area (Å²) < 4.78 is 0. The number of thioether (sulfide) groups is 1. The standard InChI is InChI=1S/C16H15N3OS/c1-21-15-9-5-4-8-13(15)18-16(20)19-14-10-17-12-7-3-2-6-11(12)14/h2-10,17H,1H3,(H2,18,19,20). The van der Waals surface area contributed by atoms with Gasteiger partial charge in [0.25, 0.3) is 0 Å². The third kappa shape index (κ3) is 2.87. The zero-order valence-corrected chi connectivity index (χ0v) is 12.3. The van der Waals surface area contributed by atoms with Crippen molar-refractivity contribution in [3.63, 3.8) is 0 Å². The minimum absolute atomic E-state index is 0.249. The Labute approximate surface area is 126 Å². The van der Waals surface area contributed by atoms with Crippen LogP contribution >= 0.6 is 11.8 Å². The third-order valence-electron chi connectivity index (χ3n) is 3.19. The van der Waals surface area contributed by atoms with Crippen molar-refractivity contribution in [1.82, 2.24) is 4.98 Å². The number of amides is 2. The van der Waals surface area contributed by atoms with Crippen molar-refractivity contribution in [3.8, 4) is 0 Å². The van der Waals surface area contributed by atoms with Gasteiger partial charge >= 0.3 is 6.03 Å². The highest BCUT2D eigenvalue weighted by Crippen LogP contribution is 2.26. The van der Waals surface area contributed by atoms with E-state index in [1.165, 1.54) is 0 Å². The van der Waals surface area contributed by atoms with Crippen molar-refractivity contribution in [2.45, 2.75) is 4.90 Å². The highest BCUT2D eigenvalue weighted by molar-refractivity contribution is 7.98. The lowest BCUT2D eigenvalue weighted by Gasteiger charge is -2.10. The van der Waals surface area contributed by atoms with Crippen molar-refractivity contribution < 1.29 is 4.79 Å². The van der Waals surface area contributed by atoms with E-state index in [1.54, 1.807) is 18.0 Å². The number of hydrogen-bond donors (Lipinski definition) is 3. The van der Waals surface area contributed by atoms with Gasteiger partial charge in [-0.1, -0.05) is 30.3 Å². The predicted octanol–water partition coefficient (Wildman–Crippen LogP) is 4.53. The van der Waals surface area contributed by atoms with E-state index < -0.39 is 0 Å². The highest BCUT2D eigenvalue weighted by Gasteiger charge is 2.09. The number of H-pyrrole nitrogens is 1. The molecule has 1 aromatic heterocycles. The summed E-state index contributed by atoms with van der Waals surface area (Å²) in [7, 11) is 0. The largest absolute Gasteiger partial charge is 0.359 e. The molecule has 0 saturated heterocycles. The number of benzene rings is 2. The van der Waals surface area contributed by atoms with Crippen molar-refractivity contribution in [3.05, 3.63) is 54.7 Å². The van der Waals surface area contributed by atoms with E-state index >= 15 is 0 Å². The van der Waals surface area contributed by atoms with Crippen LogP contribution in [-0.4, -0.2) is 17.3 Å². The SMILES string of the molecule is CSc1ccccc1NC(=O)Nc1c[nH]c2ccccc12. The number of para-hydroxylation sites is 2. The van der Waals surface area contributed by atoms with Crippen molar-refractivity contribution in [2.75, 3.05) is 16.9 Å². The first-order valence-electron chi connectivity index (χ1n) is 6.55. The molecule has 5 heteroatoms. The van der Waals surface area contributed by atoms with Gasteiger partial charge in [0.2, 0.25) is 0 Å². The number of nitrogens with one attached hydrogen (secondary N) is 3. The normalized spacial score (nSPS) is 10.5. The molecule has 3 aromatic rings. The molecular formula is C16H15N3OS. The Bertz CT molecular complexity index is 782. The molecule has 1 heterocycles. The van der Waals surface area contributed by atoms with E-state index in [0.717, 1.165) is 27.2 Å². The number of carbonyl (C=O) groups is 1. The molecule has 4 nitrogen and oxygen atoms in total. The van der Waals surface area contributed by atoms with Crippen LogP contribution in [-0.2, 0) is 0 Å². The molecule has 2 amide bonds. The van der Waals surface area contributed by atoms with Crippen molar-refractivity contribution >= 4 is 40.1 Å². The molecule has 21 heavy (non-hydrogen) atoms. The van der Waals surface area contributed by atoms with Crippen LogP contribution in [0.5, 0.6) is 0 Å². The van der Waals surface area contributed by atoms with E-state index in [2.05, 4.69) is 15.6 Å². The van der Waals surface area contributed by atoms with Gasteiger partial charge < -0.3 is 15.6 Å². The molecule has 0 spiro atoms. The lowest BCUT2D eigenvalue weighted by atomic mass is 10.2. The minimum atomic E-state index is -0.249. The van der Waals surface area contributed by atoms with Crippen LogP contribution in [0.4, 0.5) is 16.2 Å². The molecule has 0 aliphatic heterocycles. The number of rotatable bonds is 3. The molecule has 3 rings (SSSR count). The van der Waals surface area contributed by atoms with Crippen molar-refractivity contribution in [2.24, 2.45) is 0 Å². The number of aromatic amines is 1. The van der Waals surface area contributed by atoms with Gasteiger partial charge in [0, 0.05) is 22.0 Å². The quantitative estimate of drug-likeness (QED) is 0.622. The average Bonchev–Trinajstić information content (AvgIpc) is 2.91. The van der Waals surface area contributed by atoms with E-state index in [-0.39, 0.29) is 6.03 Å². The Morgan fingerprint density at radius 3 is 2.57 bits per heavy atom. The van der Waals surface area contributed by atoms with Crippen LogP contribution in [0.1, 0.15) is 0 Å². The van der Waals surface area contributed by atoms with E-state index in [9.17, 15) is 4.79 Å². The van der Waals surface area contributed by atoms with Gasteiger partial charge in [-0.05, 0) is 24.5 Å². The van der Waals surface area contributed by atoms with Gasteiger partial charge in [-0.15, -0.1) is 11.8 Å². The Morgan fingerprint density at radius 1 is 1.00 bits per heavy atom. The summed E-state index contributed by atoms with van der Waals surface area (Å²) in [6.45, 7) is 0. The topological polar surface area (TPSA) is 56.9 Å². The summed E-state index contributed by atoms with van der Waals surface area (Å²) in [6, 6.07) is 15.3. The lowest BCUT2D eigenvalue weighted by molar-refractivity contribution is 0.262. The Hall–Kier alpha value is -2.40. The molecule has 0 aliphatic carbocycles. The molecule has 0 fully saturated rings. The zero-order chi connectivity index (χ0) is 14.7. The van der Waals surface area contributed by atoms with Crippen molar-refractivity contribution in [1.29, 1.82) is 0 Å². The fourth-order valence-corrected chi connectivity index (χ4v) is 2.75. The van der Waals surface area contributed by atoms with Gasteiger partial charge in [0.1, 0.15) is 0 Å². The van der Waals surface area contributed by atoms with Crippen LogP contribution < -0.4 is 10.6 Å². The molecule has 0 bridgehead atoms. The molecule has 3 N–H and O–H groups in total. The number of carbonyl (C=O) groups excluding carboxylic acids is 1. The second-order valence-electron chi connectivity index (χ2n) is 4.53. The Morgan fingerprint density at radius 2 is 1.71 bits per heavy atom. The fourth-order valence-electron chi connectivity index (χ4n) is 2.20. The number of anilines is 2. The van der Waals surface area contributed by atoms with Crippen LogP contribution in [0.15, 0.2) is 59.6 Å². The van der Waals surface area contributed by atoms with Gasteiger partial charge in [-0.25, -0.2) is 4.79 Å². The number of aromatic nitrogens is 1. The summed E-state index contributed by atoms with van der Waals surface area (Å²) in [5.41, 5.74) is 2.57. The van der Waals surface area contributed by atoms with E-state index in [4.69, 9.17) is 0 Å². The molecule has 0 saturated carbocycles. The average molecular weight is 297 g/mol. The molecule has 0 radical (unpaired) electrons. The monoisotopic (exact) mass is 297 g/mol. The number of fused-ring (bicyclic) bond motifs is 1. The van der Waals surface area contributed by atoms with E-state index in [0.29, 0.717) is 0 Å². The summed E-state index contributed by atoms with van der Waals surface area (Å²) in [6.07, 6.45) is 3.78. The Balaban J connectivity index is 1.77. The lowest BCUT2D eigenvalue weighted by Crippen LogP contribution is -2.19. The molecule has 2 aromatic carbocycles. The number of hydrogen-bond acceptors (Lipinski definition) is 2. The summed E-state index contributed by atoms with van der Waals surface area (Å²) in [4.78, 5) is 16.3. The second kappa shape index (κ2) is 5.93. The minimum Gasteiger partial charge on any atom is -0.359 e. The van der Waals surface area contributed by atoms with Gasteiger partial charge in [-0.3, -0.25) is 0 Å². The zero-order valence-electron chi connectivity index (χ0n) is 11.5. The summed E-state index contributed by atoms with van der Waals surface area (Å²) in [5, 5.41) is 6.75. The molecule has 0 unspecified atom stereocenters. The smallest absolute Gasteiger partial charge is 0.323 e. The summed E-state index contributed by atoms with van der Waals surface area (Å²) >= 11 is 1.60. The van der Waals surface area contributed by atoms with Crippen LogP contribution in [0.2, 0.25) is 0 Å². The maximum Gasteiger partial charge on any atom is 0.323 e. The van der Waals surface area contributed by atoms with Gasteiger partial charge in [0.15, 0.2) is 0 Å². The Kier molecular flexibility index (Phi) is 3.83. The van der Waals surface area contributed by atoms with E-state index in [1.807, 2.05) is 54.8 Å². The van der Waals surface area contributed by atoms with Gasteiger partial charge in [0.05, 0.1) is 11.4 Å². The fraction of sp³-hybridized carbons (Fsp3) is 0.0625. The van der Waals surface area contributed by atoms with Crippen LogP contribution in [0.3, 0.4) is 0 Å². The molecular weight excluding hydrogens is 282 g/mol. The maximum atomic E-state index is 12.1. The first kappa shape index (κ1) is 13.6. The maximum absolute atomic E-state index is 12.1. The number of urea groups is 1. The first-order chi connectivity index (χ1) is 10.3. The first-order valence-corrected chi connectivity index (χ1v) is 7.77.